The van der Waals surface area contributed by atoms with Gasteiger partial charge in [0.2, 0.25) is 0 Å². The number of thiazole rings is 1. The van der Waals surface area contributed by atoms with Gasteiger partial charge in [0.1, 0.15) is 16.5 Å². The molecule has 140 valence electrons. The molecule has 0 bridgehead atoms. The fourth-order valence-electron chi connectivity index (χ4n) is 2.37. The van der Waals surface area contributed by atoms with Gasteiger partial charge < -0.3 is 10.1 Å². The van der Waals surface area contributed by atoms with Crippen LogP contribution in [-0.2, 0) is 12.7 Å². The summed E-state index contributed by atoms with van der Waals surface area (Å²) >= 11 is 1.31. The van der Waals surface area contributed by atoms with E-state index in [1.54, 1.807) is 24.6 Å². The summed E-state index contributed by atoms with van der Waals surface area (Å²) in [6, 6.07) is 12.1. The van der Waals surface area contributed by atoms with Gasteiger partial charge in [0.25, 0.3) is 5.91 Å². The molecule has 0 unspecified atom stereocenters. The number of nitrogens with zero attached hydrogens (tertiary/aromatic N) is 1. The molecule has 0 saturated carbocycles. The quantitative estimate of drug-likeness (QED) is 0.681. The van der Waals surface area contributed by atoms with E-state index in [2.05, 4.69) is 10.3 Å². The van der Waals surface area contributed by atoms with E-state index in [0.29, 0.717) is 16.3 Å². The summed E-state index contributed by atoms with van der Waals surface area (Å²) in [6.45, 7) is -0.0157. The number of hydrogen-bond acceptors (Lipinski definition) is 4. The van der Waals surface area contributed by atoms with Crippen LogP contribution in [0, 0.1) is 0 Å². The number of aromatic nitrogens is 1. The molecule has 1 N–H and O–H groups in total. The van der Waals surface area contributed by atoms with E-state index in [1.807, 2.05) is 12.1 Å². The van der Waals surface area contributed by atoms with Crippen molar-refractivity contribution in [3.63, 3.8) is 0 Å². The molecular weight excluding hydrogens is 377 g/mol. The SMILES string of the molecule is COc1ccc(-c2nc(C(=O)NCc3cccc(C(F)(F)F)c3)cs2)cc1. The fourth-order valence-corrected chi connectivity index (χ4v) is 3.18. The predicted octanol–water partition coefficient (Wildman–Crippen LogP) is 4.77. The molecule has 0 aliphatic heterocycles. The van der Waals surface area contributed by atoms with Gasteiger partial charge in [0.15, 0.2) is 0 Å². The predicted molar refractivity (Wildman–Crippen MR) is 96.7 cm³/mol. The second-order valence-corrected chi connectivity index (χ2v) is 6.51. The van der Waals surface area contributed by atoms with Gasteiger partial charge in [0, 0.05) is 17.5 Å². The summed E-state index contributed by atoms with van der Waals surface area (Å²) in [4.78, 5) is 16.5. The molecule has 0 aliphatic rings. The molecule has 8 heteroatoms. The molecule has 0 aliphatic carbocycles. The molecule has 0 spiro atoms. The van der Waals surface area contributed by atoms with Gasteiger partial charge >= 0.3 is 6.18 Å². The summed E-state index contributed by atoms with van der Waals surface area (Å²) in [5, 5.41) is 4.88. The normalized spacial score (nSPS) is 11.3. The molecule has 27 heavy (non-hydrogen) atoms. The first kappa shape index (κ1) is 18.9. The highest BCUT2D eigenvalue weighted by molar-refractivity contribution is 7.13. The van der Waals surface area contributed by atoms with E-state index in [1.165, 1.54) is 23.5 Å². The Morgan fingerprint density at radius 2 is 1.93 bits per heavy atom. The molecule has 3 rings (SSSR count). The topological polar surface area (TPSA) is 51.2 Å². The van der Waals surface area contributed by atoms with Crippen molar-refractivity contribution in [1.82, 2.24) is 10.3 Å². The highest BCUT2D eigenvalue weighted by atomic mass is 32.1. The highest BCUT2D eigenvalue weighted by Crippen LogP contribution is 2.29. The molecule has 0 radical (unpaired) electrons. The number of amides is 1. The third-order valence-corrected chi connectivity index (χ3v) is 4.67. The van der Waals surface area contributed by atoms with Crippen LogP contribution < -0.4 is 10.1 Å². The second-order valence-electron chi connectivity index (χ2n) is 5.65. The van der Waals surface area contributed by atoms with Gasteiger partial charge in [-0.05, 0) is 42.0 Å². The Morgan fingerprint density at radius 3 is 2.59 bits per heavy atom. The van der Waals surface area contributed by atoms with Crippen LogP contribution in [0.5, 0.6) is 5.75 Å². The Bertz CT molecular complexity index is 937. The molecule has 3 aromatic rings. The van der Waals surface area contributed by atoms with E-state index < -0.39 is 17.6 Å². The monoisotopic (exact) mass is 392 g/mol. The lowest BCUT2D eigenvalue weighted by Gasteiger charge is -2.09. The first-order chi connectivity index (χ1) is 12.9. The van der Waals surface area contributed by atoms with Gasteiger partial charge in [-0.15, -0.1) is 11.3 Å². The first-order valence-corrected chi connectivity index (χ1v) is 8.79. The van der Waals surface area contributed by atoms with Crippen LogP contribution in [0.2, 0.25) is 0 Å². The number of carbonyl (C=O) groups is 1. The zero-order valence-corrected chi connectivity index (χ0v) is 15.0. The van der Waals surface area contributed by atoms with E-state index >= 15 is 0 Å². The second kappa shape index (κ2) is 7.79. The Hall–Kier alpha value is -2.87. The molecular formula is C19H15F3N2O2S. The number of halogens is 3. The lowest BCUT2D eigenvalue weighted by molar-refractivity contribution is -0.137. The number of benzene rings is 2. The third kappa shape index (κ3) is 4.65. The Kier molecular flexibility index (Phi) is 5.46. The van der Waals surface area contributed by atoms with Crippen molar-refractivity contribution in [2.75, 3.05) is 7.11 Å². The maximum Gasteiger partial charge on any atom is 0.416 e. The summed E-state index contributed by atoms with van der Waals surface area (Å²) in [7, 11) is 1.57. The van der Waals surface area contributed by atoms with E-state index in [9.17, 15) is 18.0 Å². The van der Waals surface area contributed by atoms with Gasteiger partial charge in [0.05, 0.1) is 12.7 Å². The minimum absolute atomic E-state index is 0.0157. The minimum atomic E-state index is -4.41. The van der Waals surface area contributed by atoms with Crippen LogP contribution in [0.25, 0.3) is 10.6 Å². The Balaban J connectivity index is 1.66. The molecule has 1 aromatic heterocycles. The van der Waals surface area contributed by atoms with Crippen LogP contribution in [-0.4, -0.2) is 18.0 Å². The van der Waals surface area contributed by atoms with Crippen molar-refractivity contribution in [2.24, 2.45) is 0 Å². The number of alkyl halides is 3. The van der Waals surface area contributed by atoms with Gasteiger partial charge in [-0.25, -0.2) is 4.98 Å². The van der Waals surface area contributed by atoms with Crippen molar-refractivity contribution in [1.29, 1.82) is 0 Å². The van der Waals surface area contributed by atoms with Crippen LogP contribution in [0.4, 0.5) is 13.2 Å². The largest absolute Gasteiger partial charge is 0.497 e. The lowest BCUT2D eigenvalue weighted by Crippen LogP contribution is -2.23. The summed E-state index contributed by atoms with van der Waals surface area (Å²) in [5.41, 5.74) is 0.684. The maximum absolute atomic E-state index is 12.7. The molecule has 0 atom stereocenters. The third-order valence-electron chi connectivity index (χ3n) is 3.78. The fraction of sp³-hybridized carbons (Fsp3) is 0.158. The lowest BCUT2D eigenvalue weighted by atomic mass is 10.1. The molecule has 0 saturated heterocycles. The van der Waals surface area contributed by atoms with Crippen LogP contribution in [0.15, 0.2) is 53.9 Å². The smallest absolute Gasteiger partial charge is 0.416 e. The average molecular weight is 392 g/mol. The van der Waals surface area contributed by atoms with Gasteiger partial charge in [-0.2, -0.15) is 13.2 Å². The summed E-state index contributed by atoms with van der Waals surface area (Å²) < 4.78 is 43.3. The molecule has 1 heterocycles. The number of methoxy groups -OCH3 is 1. The number of nitrogens with one attached hydrogen (secondary N) is 1. The van der Waals surface area contributed by atoms with E-state index in [4.69, 9.17) is 4.74 Å². The molecule has 1 amide bonds. The maximum atomic E-state index is 12.7. The highest BCUT2D eigenvalue weighted by Gasteiger charge is 2.30. The molecule has 0 fully saturated rings. The Labute approximate surface area is 157 Å². The summed E-state index contributed by atoms with van der Waals surface area (Å²) in [5.74, 6) is 0.276. The van der Waals surface area contributed by atoms with E-state index in [0.717, 1.165) is 17.7 Å². The van der Waals surface area contributed by atoms with Crippen molar-refractivity contribution < 1.29 is 22.7 Å². The number of ether oxygens (including phenoxy) is 1. The zero-order valence-electron chi connectivity index (χ0n) is 14.2. The van der Waals surface area contributed by atoms with Crippen molar-refractivity contribution >= 4 is 17.2 Å². The Morgan fingerprint density at radius 1 is 1.19 bits per heavy atom. The van der Waals surface area contributed by atoms with Crippen molar-refractivity contribution in [2.45, 2.75) is 12.7 Å². The van der Waals surface area contributed by atoms with Crippen LogP contribution in [0.3, 0.4) is 0 Å². The number of hydrogen-bond donors (Lipinski definition) is 1. The average Bonchev–Trinajstić information content (AvgIpc) is 3.16. The van der Waals surface area contributed by atoms with Crippen molar-refractivity contribution in [3.8, 4) is 16.3 Å². The summed E-state index contributed by atoms with van der Waals surface area (Å²) in [6.07, 6.45) is -4.41. The molecule has 2 aromatic carbocycles. The van der Waals surface area contributed by atoms with Crippen LogP contribution >= 0.6 is 11.3 Å². The number of rotatable bonds is 5. The first-order valence-electron chi connectivity index (χ1n) is 7.91. The van der Waals surface area contributed by atoms with Gasteiger partial charge in [-0.3, -0.25) is 4.79 Å². The minimum Gasteiger partial charge on any atom is -0.497 e. The zero-order chi connectivity index (χ0) is 19.4. The van der Waals surface area contributed by atoms with Crippen LogP contribution in [0.1, 0.15) is 21.6 Å². The standard InChI is InChI=1S/C19H15F3N2O2S/c1-26-15-7-5-13(6-8-15)18-24-16(11-27-18)17(25)23-10-12-3-2-4-14(9-12)19(20,21)22/h2-9,11H,10H2,1H3,(H,23,25). The van der Waals surface area contributed by atoms with Crippen molar-refractivity contribution in [3.05, 3.63) is 70.7 Å². The van der Waals surface area contributed by atoms with Gasteiger partial charge in [-0.1, -0.05) is 12.1 Å². The number of carbonyl (C=O) groups excluding carboxylic acids is 1. The van der Waals surface area contributed by atoms with E-state index in [-0.39, 0.29) is 12.2 Å². The molecule has 4 nitrogen and oxygen atoms in total.